The number of halogens is 3. The minimum atomic E-state index is 0.221. The molecule has 4 heteroatoms. The molecule has 2 atom stereocenters. The van der Waals surface area contributed by atoms with Gasteiger partial charge in [0.15, 0.2) is 0 Å². The van der Waals surface area contributed by atoms with Crippen molar-refractivity contribution in [2.75, 3.05) is 7.11 Å². The topological polar surface area (TPSA) is 9.23 Å². The van der Waals surface area contributed by atoms with E-state index in [2.05, 4.69) is 29.8 Å². The number of ether oxygens (including phenoxy) is 1. The molecule has 0 saturated carbocycles. The molecular weight excluding hydrogens is 323 g/mol. The molecule has 1 rings (SSSR count). The van der Waals surface area contributed by atoms with E-state index >= 15 is 0 Å². The summed E-state index contributed by atoms with van der Waals surface area (Å²) in [5.41, 5.74) is 1.03. The van der Waals surface area contributed by atoms with E-state index in [1.54, 1.807) is 13.2 Å². The molecule has 0 bridgehead atoms. The smallest absolute Gasteiger partial charge is 0.138 e. The van der Waals surface area contributed by atoms with Crippen LogP contribution in [0.15, 0.2) is 12.1 Å². The lowest BCUT2D eigenvalue weighted by Crippen LogP contribution is -2.04. The molecule has 1 nitrogen and oxygen atoms in total. The highest BCUT2D eigenvalue weighted by Crippen LogP contribution is 2.41. The molecular formula is C13H17BrCl2O. The normalized spacial score (nSPS) is 14.5. The third kappa shape index (κ3) is 3.77. The van der Waals surface area contributed by atoms with E-state index in [-0.39, 0.29) is 4.83 Å². The number of alkyl halides is 1. The second-order valence-electron chi connectivity index (χ2n) is 4.18. The van der Waals surface area contributed by atoms with Gasteiger partial charge in [0.2, 0.25) is 0 Å². The van der Waals surface area contributed by atoms with Gasteiger partial charge < -0.3 is 4.74 Å². The molecule has 0 fully saturated rings. The molecule has 0 heterocycles. The van der Waals surface area contributed by atoms with Crippen LogP contribution in [0.4, 0.5) is 0 Å². The van der Waals surface area contributed by atoms with Crippen LogP contribution >= 0.6 is 39.1 Å². The summed E-state index contributed by atoms with van der Waals surface area (Å²) in [6.45, 7) is 4.39. The Morgan fingerprint density at radius 1 is 1.29 bits per heavy atom. The van der Waals surface area contributed by atoms with Crippen molar-refractivity contribution in [3.63, 3.8) is 0 Å². The molecule has 0 aromatic heterocycles. The largest absolute Gasteiger partial charge is 0.495 e. The third-order valence-electron chi connectivity index (χ3n) is 2.81. The van der Waals surface area contributed by atoms with Crippen molar-refractivity contribution in [2.45, 2.75) is 31.5 Å². The number of benzene rings is 1. The van der Waals surface area contributed by atoms with Gasteiger partial charge in [0.05, 0.1) is 12.1 Å². The van der Waals surface area contributed by atoms with Gasteiger partial charge in [-0.3, -0.25) is 0 Å². The van der Waals surface area contributed by atoms with Crippen molar-refractivity contribution in [2.24, 2.45) is 5.92 Å². The minimum absolute atomic E-state index is 0.221. The van der Waals surface area contributed by atoms with Crippen LogP contribution in [-0.2, 0) is 0 Å². The Morgan fingerprint density at radius 2 is 1.94 bits per heavy atom. The third-order valence-corrected chi connectivity index (χ3v) is 4.83. The average molecular weight is 340 g/mol. The fourth-order valence-corrected chi connectivity index (χ4v) is 3.12. The van der Waals surface area contributed by atoms with Crippen molar-refractivity contribution >= 4 is 39.1 Å². The second kappa shape index (κ2) is 6.86. The molecule has 2 unspecified atom stereocenters. The first kappa shape index (κ1) is 15.1. The Morgan fingerprint density at radius 3 is 2.47 bits per heavy atom. The van der Waals surface area contributed by atoms with Gasteiger partial charge in [-0.1, -0.05) is 59.4 Å². The molecule has 0 aliphatic heterocycles. The maximum Gasteiger partial charge on any atom is 0.138 e. The zero-order valence-corrected chi connectivity index (χ0v) is 13.4. The zero-order valence-electron chi connectivity index (χ0n) is 10.3. The van der Waals surface area contributed by atoms with Crippen LogP contribution < -0.4 is 4.74 Å². The van der Waals surface area contributed by atoms with Crippen molar-refractivity contribution < 1.29 is 4.74 Å². The first-order valence-electron chi connectivity index (χ1n) is 5.68. The summed E-state index contributed by atoms with van der Waals surface area (Å²) in [4.78, 5) is 0.221. The van der Waals surface area contributed by atoms with Crippen molar-refractivity contribution in [3.8, 4) is 5.75 Å². The maximum atomic E-state index is 6.25. The van der Waals surface area contributed by atoms with E-state index in [4.69, 9.17) is 27.9 Å². The molecule has 1 aromatic rings. The van der Waals surface area contributed by atoms with E-state index in [1.165, 1.54) is 0 Å². The van der Waals surface area contributed by atoms with E-state index in [9.17, 15) is 0 Å². The summed E-state index contributed by atoms with van der Waals surface area (Å²) in [7, 11) is 1.59. The van der Waals surface area contributed by atoms with Crippen LogP contribution in [0, 0.1) is 5.92 Å². The predicted molar refractivity (Wildman–Crippen MR) is 78.8 cm³/mol. The fraction of sp³-hybridized carbons (Fsp3) is 0.538. The maximum absolute atomic E-state index is 6.25. The SMILES string of the molecule is CCCC(C)C(Br)c1cc(Cl)c(OC)cc1Cl. The Balaban J connectivity index is 3.01. The minimum Gasteiger partial charge on any atom is -0.495 e. The average Bonchev–Trinajstić information content (AvgIpc) is 2.31. The predicted octanol–water partition coefficient (Wildman–Crippen LogP) is 5.87. The number of methoxy groups -OCH3 is 1. The molecule has 17 heavy (non-hydrogen) atoms. The summed E-state index contributed by atoms with van der Waals surface area (Å²) in [6.07, 6.45) is 2.31. The highest BCUT2D eigenvalue weighted by Gasteiger charge is 2.20. The number of rotatable bonds is 5. The van der Waals surface area contributed by atoms with Gasteiger partial charge in [-0.25, -0.2) is 0 Å². The van der Waals surface area contributed by atoms with Crippen molar-refractivity contribution in [1.82, 2.24) is 0 Å². The Kier molecular flexibility index (Phi) is 6.11. The van der Waals surface area contributed by atoms with Gasteiger partial charge in [0.25, 0.3) is 0 Å². The van der Waals surface area contributed by atoms with Crippen molar-refractivity contribution in [3.05, 3.63) is 27.7 Å². The van der Waals surface area contributed by atoms with Crippen LogP contribution in [0.25, 0.3) is 0 Å². The zero-order chi connectivity index (χ0) is 13.0. The molecule has 0 spiro atoms. The summed E-state index contributed by atoms with van der Waals surface area (Å²) in [5, 5.41) is 1.29. The van der Waals surface area contributed by atoms with Crippen LogP contribution in [-0.4, -0.2) is 7.11 Å². The molecule has 96 valence electrons. The quantitative estimate of drug-likeness (QED) is 0.609. The molecule has 0 aliphatic rings. The number of hydrogen-bond acceptors (Lipinski definition) is 1. The molecule has 0 N–H and O–H groups in total. The van der Waals surface area contributed by atoms with Gasteiger partial charge >= 0.3 is 0 Å². The highest BCUT2D eigenvalue weighted by atomic mass is 79.9. The number of hydrogen-bond donors (Lipinski definition) is 0. The molecule has 0 amide bonds. The van der Waals surface area contributed by atoms with E-state index in [1.807, 2.05) is 6.07 Å². The standard InChI is InChI=1S/C13H17BrCl2O/c1-4-5-8(2)13(14)9-6-11(16)12(17-3)7-10(9)15/h6-8,13H,4-5H2,1-3H3. The summed E-state index contributed by atoms with van der Waals surface area (Å²) in [5.74, 6) is 1.13. The summed E-state index contributed by atoms with van der Waals surface area (Å²) in [6, 6.07) is 3.65. The van der Waals surface area contributed by atoms with Crippen LogP contribution in [0.5, 0.6) is 5.75 Å². The lowest BCUT2D eigenvalue weighted by atomic mass is 9.96. The Hall–Kier alpha value is 0.0800. The molecule has 0 saturated heterocycles. The molecule has 0 aliphatic carbocycles. The monoisotopic (exact) mass is 338 g/mol. The molecule has 0 radical (unpaired) electrons. The van der Waals surface area contributed by atoms with Crippen molar-refractivity contribution in [1.29, 1.82) is 0 Å². The first-order chi connectivity index (χ1) is 8.01. The highest BCUT2D eigenvalue weighted by molar-refractivity contribution is 9.09. The van der Waals surface area contributed by atoms with Crippen LogP contribution in [0.2, 0.25) is 10.0 Å². The van der Waals surface area contributed by atoms with E-state index < -0.39 is 0 Å². The van der Waals surface area contributed by atoms with Gasteiger partial charge in [-0.2, -0.15) is 0 Å². The Labute approximate surface area is 122 Å². The van der Waals surface area contributed by atoms with Gasteiger partial charge in [0.1, 0.15) is 5.75 Å². The summed E-state index contributed by atoms with van der Waals surface area (Å²) < 4.78 is 5.14. The van der Waals surface area contributed by atoms with Gasteiger partial charge in [0, 0.05) is 15.9 Å². The van der Waals surface area contributed by atoms with E-state index in [0.29, 0.717) is 21.7 Å². The fourth-order valence-electron chi connectivity index (χ4n) is 1.82. The molecule has 1 aromatic carbocycles. The lowest BCUT2D eigenvalue weighted by Gasteiger charge is -2.20. The Bertz CT molecular complexity index is 382. The lowest BCUT2D eigenvalue weighted by molar-refractivity contribution is 0.414. The summed E-state index contributed by atoms with van der Waals surface area (Å²) >= 11 is 16.1. The van der Waals surface area contributed by atoms with Gasteiger partial charge in [-0.05, 0) is 24.0 Å². The first-order valence-corrected chi connectivity index (χ1v) is 7.35. The second-order valence-corrected chi connectivity index (χ2v) is 5.98. The van der Waals surface area contributed by atoms with Crippen LogP contribution in [0.3, 0.4) is 0 Å². The van der Waals surface area contributed by atoms with Crippen LogP contribution in [0.1, 0.15) is 37.1 Å². The van der Waals surface area contributed by atoms with E-state index in [0.717, 1.165) is 18.4 Å². The van der Waals surface area contributed by atoms with Gasteiger partial charge in [-0.15, -0.1) is 0 Å².